The first-order valence-electron chi connectivity index (χ1n) is 7.94. The molecule has 0 atom stereocenters. The molecular formula is C16H28N6. The van der Waals surface area contributed by atoms with Crippen LogP contribution >= 0.6 is 0 Å². The molecule has 0 bridgehead atoms. The molecule has 1 fully saturated rings. The largest absolute Gasteiger partial charge is 0.354 e. The van der Waals surface area contributed by atoms with Crippen LogP contribution in [0.25, 0.3) is 0 Å². The third-order valence-corrected chi connectivity index (χ3v) is 3.77. The van der Waals surface area contributed by atoms with Gasteiger partial charge in [-0.3, -0.25) is 4.99 Å². The maximum absolute atomic E-state index is 4.60. The van der Waals surface area contributed by atoms with Gasteiger partial charge in [-0.15, -0.1) is 0 Å². The first kappa shape index (κ1) is 16.5. The molecule has 0 radical (unpaired) electrons. The van der Waals surface area contributed by atoms with Gasteiger partial charge in [-0.1, -0.05) is 6.07 Å². The number of rotatable bonds is 4. The van der Waals surface area contributed by atoms with Crippen molar-refractivity contribution in [1.82, 2.24) is 20.5 Å². The van der Waals surface area contributed by atoms with Gasteiger partial charge in [0.25, 0.3) is 0 Å². The Bertz CT molecular complexity index is 491. The zero-order valence-corrected chi connectivity index (χ0v) is 14.1. The summed E-state index contributed by atoms with van der Waals surface area (Å²) in [6.45, 7) is 9.15. The van der Waals surface area contributed by atoms with E-state index in [2.05, 4.69) is 57.4 Å². The van der Waals surface area contributed by atoms with Gasteiger partial charge in [0, 0.05) is 57.6 Å². The maximum Gasteiger partial charge on any atom is 0.191 e. The van der Waals surface area contributed by atoms with Gasteiger partial charge in [0.15, 0.2) is 5.96 Å². The van der Waals surface area contributed by atoms with E-state index in [0.29, 0.717) is 6.04 Å². The van der Waals surface area contributed by atoms with Gasteiger partial charge >= 0.3 is 0 Å². The van der Waals surface area contributed by atoms with Crippen molar-refractivity contribution in [1.29, 1.82) is 0 Å². The summed E-state index contributed by atoms with van der Waals surface area (Å²) < 4.78 is 0. The average molecular weight is 304 g/mol. The van der Waals surface area contributed by atoms with Gasteiger partial charge in [0.2, 0.25) is 0 Å². The summed E-state index contributed by atoms with van der Waals surface area (Å²) in [5, 5.41) is 6.67. The molecule has 0 aliphatic carbocycles. The number of anilines is 1. The number of aliphatic imine (C=N–C) groups is 1. The molecule has 0 saturated carbocycles. The molecule has 1 aliphatic heterocycles. The molecule has 0 unspecified atom stereocenters. The Balaban J connectivity index is 2.02. The molecule has 0 aromatic carbocycles. The number of aromatic nitrogens is 1. The highest BCUT2D eigenvalue weighted by atomic mass is 15.3. The molecule has 0 spiro atoms. The van der Waals surface area contributed by atoms with Gasteiger partial charge in [-0.05, 0) is 27.0 Å². The van der Waals surface area contributed by atoms with Crippen LogP contribution in [0.3, 0.4) is 0 Å². The van der Waals surface area contributed by atoms with E-state index in [1.54, 1.807) is 7.05 Å². The fraction of sp³-hybridized carbons (Fsp3) is 0.625. The van der Waals surface area contributed by atoms with Crippen LogP contribution in [0.1, 0.15) is 19.4 Å². The second kappa shape index (κ2) is 7.98. The summed E-state index contributed by atoms with van der Waals surface area (Å²) in [6, 6.07) is 4.49. The lowest BCUT2D eigenvalue weighted by atomic mass is 10.2. The Morgan fingerprint density at radius 3 is 2.68 bits per heavy atom. The molecule has 2 rings (SSSR count). The number of nitrogens with one attached hydrogen (secondary N) is 2. The van der Waals surface area contributed by atoms with E-state index in [1.165, 1.54) is 5.56 Å². The molecule has 2 heterocycles. The van der Waals surface area contributed by atoms with Crippen LogP contribution in [0, 0.1) is 0 Å². The Morgan fingerprint density at radius 1 is 1.32 bits per heavy atom. The van der Waals surface area contributed by atoms with E-state index in [4.69, 9.17) is 0 Å². The van der Waals surface area contributed by atoms with Crippen LogP contribution in [0.4, 0.5) is 5.82 Å². The molecule has 1 aliphatic rings. The minimum absolute atomic E-state index is 0.359. The Kier molecular flexibility index (Phi) is 6.00. The Hall–Kier alpha value is -1.82. The topological polar surface area (TPSA) is 55.8 Å². The van der Waals surface area contributed by atoms with Crippen LogP contribution in [0.5, 0.6) is 0 Å². The van der Waals surface area contributed by atoms with Crippen molar-refractivity contribution in [3.63, 3.8) is 0 Å². The van der Waals surface area contributed by atoms with E-state index >= 15 is 0 Å². The molecule has 1 aromatic heterocycles. The lowest BCUT2D eigenvalue weighted by molar-refractivity contribution is 0.312. The molecule has 6 nitrogen and oxygen atoms in total. The molecule has 0 amide bonds. The maximum atomic E-state index is 4.60. The summed E-state index contributed by atoms with van der Waals surface area (Å²) in [6.07, 6.45) is 1.87. The van der Waals surface area contributed by atoms with Crippen molar-refractivity contribution < 1.29 is 0 Å². The molecule has 1 aromatic rings. The fourth-order valence-corrected chi connectivity index (χ4v) is 2.52. The van der Waals surface area contributed by atoms with Crippen molar-refractivity contribution in [3.8, 4) is 0 Å². The lowest BCUT2D eigenvalue weighted by Crippen LogP contribution is -2.45. The quantitative estimate of drug-likeness (QED) is 0.639. The fourth-order valence-electron chi connectivity index (χ4n) is 2.52. The van der Waals surface area contributed by atoms with Crippen LogP contribution in [0.15, 0.2) is 23.3 Å². The van der Waals surface area contributed by atoms with Gasteiger partial charge in [0.1, 0.15) is 5.82 Å². The molecule has 1 saturated heterocycles. The summed E-state index contributed by atoms with van der Waals surface area (Å²) in [5.41, 5.74) is 1.21. The number of likely N-dealkylation sites (N-methyl/N-ethyl adjacent to an activating group) is 1. The molecular weight excluding hydrogens is 276 g/mol. The van der Waals surface area contributed by atoms with E-state index in [1.807, 2.05) is 12.3 Å². The number of piperazine rings is 1. The van der Waals surface area contributed by atoms with Crippen LogP contribution < -0.4 is 15.5 Å². The number of pyridine rings is 1. The number of guanidine groups is 1. The summed E-state index contributed by atoms with van der Waals surface area (Å²) in [4.78, 5) is 13.6. The van der Waals surface area contributed by atoms with Crippen molar-refractivity contribution >= 4 is 11.8 Å². The van der Waals surface area contributed by atoms with Gasteiger partial charge in [-0.25, -0.2) is 4.98 Å². The van der Waals surface area contributed by atoms with E-state index in [9.17, 15) is 0 Å². The van der Waals surface area contributed by atoms with Crippen molar-refractivity contribution in [2.24, 2.45) is 4.99 Å². The van der Waals surface area contributed by atoms with Gasteiger partial charge in [-0.2, -0.15) is 0 Å². The van der Waals surface area contributed by atoms with E-state index < -0.39 is 0 Å². The Labute approximate surface area is 133 Å². The lowest BCUT2D eigenvalue weighted by Gasteiger charge is -2.34. The smallest absolute Gasteiger partial charge is 0.191 e. The summed E-state index contributed by atoms with van der Waals surface area (Å²) in [7, 11) is 3.96. The SMILES string of the molecule is CN=C(NCc1cccnc1N1CCN(C)CC1)NC(C)C. The monoisotopic (exact) mass is 304 g/mol. The number of nitrogens with zero attached hydrogens (tertiary/aromatic N) is 4. The highest BCUT2D eigenvalue weighted by Crippen LogP contribution is 2.18. The van der Waals surface area contributed by atoms with Crippen molar-refractivity contribution in [3.05, 3.63) is 23.9 Å². The zero-order valence-electron chi connectivity index (χ0n) is 14.1. The summed E-state index contributed by atoms with van der Waals surface area (Å²) >= 11 is 0. The zero-order chi connectivity index (χ0) is 15.9. The normalized spacial score (nSPS) is 17.0. The first-order valence-corrected chi connectivity index (χ1v) is 7.94. The van der Waals surface area contributed by atoms with Crippen LogP contribution in [-0.4, -0.2) is 62.2 Å². The van der Waals surface area contributed by atoms with Crippen molar-refractivity contribution in [2.75, 3.05) is 45.2 Å². The predicted molar refractivity (Wildman–Crippen MR) is 92.4 cm³/mol. The third-order valence-electron chi connectivity index (χ3n) is 3.77. The molecule has 122 valence electrons. The molecule has 2 N–H and O–H groups in total. The van der Waals surface area contributed by atoms with Crippen molar-refractivity contribution in [2.45, 2.75) is 26.4 Å². The summed E-state index contributed by atoms with van der Waals surface area (Å²) in [5.74, 6) is 1.91. The average Bonchev–Trinajstić information content (AvgIpc) is 2.52. The number of hydrogen-bond acceptors (Lipinski definition) is 4. The minimum Gasteiger partial charge on any atom is -0.354 e. The highest BCUT2D eigenvalue weighted by molar-refractivity contribution is 5.80. The van der Waals surface area contributed by atoms with E-state index in [0.717, 1.165) is 44.5 Å². The number of hydrogen-bond donors (Lipinski definition) is 2. The second-order valence-corrected chi connectivity index (χ2v) is 6.00. The van der Waals surface area contributed by atoms with E-state index in [-0.39, 0.29) is 0 Å². The Morgan fingerprint density at radius 2 is 2.05 bits per heavy atom. The molecule has 22 heavy (non-hydrogen) atoms. The minimum atomic E-state index is 0.359. The third kappa shape index (κ3) is 4.59. The molecule has 6 heteroatoms. The van der Waals surface area contributed by atoms with Crippen LogP contribution in [0.2, 0.25) is 0 Å². The first-order chi connectivity index (χ1) is 10.6. The second-order valence-electron chi connectivity index (χ2n) is 6.00. The predicted octanol–water partition coefficient (Wildman–Crippen LogP) is 0.907. The van der Waals surface area contributed by atoms with Crippen LogP contribution in [-0.2, 0) is 6.54 Å². The standard InChI is InChI=1S/C16H28N6/c1-13(2)20-16(17-3)19-12-14-6-5-7-18-15(14)22-10-8-21(4)9-11-22/h5-7,13H,8-12H2,1-4H3,(H2,17,19,20). The van der Waals surface area contributed by atoms with Gasteiger partial charge in [0.05, 0.1) is 0 Å². The van der Waals surface area contributed by atoms with Gasteiger partial charge < -0.3 is 20.4 Å². The highest BCUT2D eigenvalue weighted by Gasteiger charge is 2.17.